The molecule has 0 aromatic carbocycles. The number of guanidine groups is 1. The van der Waals surface area contributed by atoms with Crippen molar-refractivity contribution in [3.63, 3.8) is 0 Å². The van der Waals surface area contributed by atoms with Crippen LogP contribution < -0.4 is 16.0 Å². The number of thiophene rings is 1. The monoisotopic (exact) mass is 431 g/mol. The SMILES string of the molecule is CN=C(NCC1CCCN(C)C1c1cccs1)NC1CCCC(C(=O)NC2CC2)C1. The molecule has 0 radical (unpaired) electrons. The Bertz CT molecular complexity index is 717. The van der Waals surface area contributed by atoms with Crippen LogP contribution >= 0.6 is 11.3 Å². The summed E-state index contributed by atoms with van der Waals surface area (Å²) in [5.74, 6) is 1.85. The Morgan fingerprint density at radius 2 is 2.03 bits per heavy atom. The summed E-state index contributed by atoms with van der Waals surface area (Å²) >= 11 is 1.86. The Labute approximate surface area is 184 Å². The van der Waals surface area contributed by atoms with Crippen LogP contribution in [0, 0.1) is 11.8 Å². The highest BCUT2D eigenvalue weighted by atomic mass is 32.1. The molecule has 4 unspecified atom stereocenters. The van der Waals surface area contributed by atoms with Gasteiger partial charge in [-0.05, 0) is 75.9 Å². The maximum absolute atomic E-state index is 12.5. The van der Waals surface area contributed by atoms with Crippen molar-refractivity contribution in [2.75, 3.05) is 27.2 Å². The minimum absolute atomic E-state index is 0.144. The van der Waals surface area contributed by atoms with E-state index in [0.29, 0.717) is 24.0 Å². The van der Waals surface area contributed by atoms with Crippen LogP contribution in [-0.2, 0) is 4.79 Å². The minimum Gasteiger partial charge on any atom is -0.356 e. The molecule has 3 fully saturated rings. The van der Waals surface area contributed by atoms with Crippen LogP contribution in [0.25, 0.3) is 0 Å². The number of piperidine rings is 1. The fourth-order valence-electron chi connectivity index (χ4n) is 5.10. The predicted molar refractivity (Wildman–Crippen MR) is 124 cm³/mol. The average molecular weight is 432 g/mol. The molecule has 6 nitrogen and oxygen atoms in total. The highest BCUT2D eigenvalue weighted by Gasteiger charge is 2.33. The first-order valence-corrected chi connectivity index (χ1v) is 12.5. The van der Waals surface area contributed by atoms with Gasteiger partial charge in [0.15, 0.2) is 5.96 Å². The number of nitrogens with one attached hydrogen (secondary N) is 3. The van der Waals surface area contributed by atoms with Gasteiger partial charge in [-0.3, -0.25) is 14.7 Å². The van der Waals surface area contributed by atoms with Crippen LogP contribution in [0.4, 0.5) is 0 Å². The van der Waals surface area contributed by atoms with E-state index in [4.69, 9.17) is 0 Å². The third-order valence-electron chi connectivity index (χ3n) is 6.91. The molecule has 30 heavy (non-hydrogen) atoms. The topological polar surface area (TPSA) is 68.8 Å². The Morgan fingerprint density at radius 1 is 1.17 bits per heavy atom. The molecule has 166 valence electrons. The molecule has 4 rings (SSSR count). The van der Waals surface area contributed by atoms with E-state index in [1.807, 2.05) is 18.4 Å². The van der Waals surface area contributed by atoms with Crippen LogP contribution in [-0.4, -0.2) is 56.0 Å². The molecule has 1 saturated heterocycles. The van der Waals surface area contributed by atoms with Gasteiger partial charge in [-0.2, -0.15) is 0 Å². The standard InChI is InChI=1S/C23H37N5OS/c1-24-23(27-19-8-3-6-16(14-19)22(29)26-18-10-11-18)25-15-17-7-4-12-28(2)21(17)20-9-5-13-30-20/h5,9,13,16-19,21H,3-4,6-8,10-12,14-15H2,1-2H3,(H,26,29)(H2,24,25,27). The van der Waals surface area contributed by atoms with Crippen LogP contribution in [0.15, 0.2) is 22.5 Å². The molecule has 7 heteroatoms. The number of aliphatic imine (C=N–C) groups is 1. The lowest BCUT2D eigenvalue weighted by atomic mass is 9.85. The van der Waals surface area contributed by atoms with Crippen molar-refractivity contribution in [3.8, 4) is 0 Å². The van der Waals surface area contributed by atoms with Crippen molar-refractivity contribution in [1.29, 1.82) is 0 Å². The zero-order valence-electron chi connectivity index (χ0n) is 18.4. The van der Waals surface area contributed by atoms with Crippen molar-refractivity contribution in [2.24, 2.45) is 16.8 Å². The number of carbonyl (C=O) groups is 1. The Morgan fingerprint density at radius 3 is 2.77 bits per heavy atom. The van der Waals surface area contributed by atoms with Crippen molar-refractivity contribution < 1.29 is 4.79 Å². The van der Waals surface area contributed by atoms with Gasteiger partial charge in [-0.15, -0.1) is 11.3 Å². The van der Waals surface area contributed by atoms with Crippen molar-refractivity contribution >= 4 is 23.2 Å². The summed E-state index contributed by atoms with van der Waals surface area (Å²) in [5.41, 5.74) is 0. The van der Waals surface area contributed by atoms with E-state index in [1.54, 1.807) is 0 Å². The summed E-state index contributed by atoms with van der Waals surface area (Å²) in [4.78, 5) is 20.9. The molecule has 1 aliphatic heterocycles. The maximum atomic E-state index is 12.5. The quantitative estimate of drug-likeness (QED) is 0.478. The largest absolute Gasteiger partial charge is 0.356 e. The number of hydrogen-bond acceptors (Lipinski definition) is 4. The second-order valence-corrected chi connectivity index (χ2v) is 10.3. The molecule has 1 aromatic heterocycles. The van der Waals surface area contributed by atoms with E-state index >= 15 is 0 Å². The number of rotatable bonds is 6. The summed E-state index contributed by atoms with van der Waals surface area (Å²) in [7, 11) is 4.09. The molecule has 3 aliphatic rings. The first-order valence-electron chi connectivity index (χ1n) is 11.6. The second kappa shape index (κ2) is 10.1. The molecule has 2 heterocycles. The van der Waals surface area contributed by atoms with E-state index in [2.05, 4.69) is 50.4 Å². The van der Waals surface area contributed by atoms with E-state index in [1.165, 1.54) is 24.3 Å². The molecule has 3 N–H and O–H groups in total. The first kappa shape index (κ1) is 21.6. The molecule has 2 aliphatic carbocycles. The van der Waals surface area contributed by atoms with Gasteiger partial charge in [0, 0.05) is 42.5 Å². The van der Waals surface area contributed by atoms with Crippen LogP contribution in [0.2, 0.25) is 0 Å². The van der Waals surface area contributed by atoms with E-state index in [9.17, 15) is 4.79 Å². The normalized spacial score (nSPS) is 30.7. The Hall–Kier alpha value is -1.60. The number of likely N-dealkylation sites (tertiary alicyclic amines) is 1. The minimum atomic E-state index is 0.144. The number of hydrogen-bond donors (Lipinski definition) is 3. The number of carbonyl (C=O) groups excluding carboxylic acids is 1. The van der Waals surface area contributed by atoms with Crippen LogP contribution in [0.5, 0.6) is 0 Å². The maximum Gasteiger partial charge on any atom is 0.223 e. The van der Waals surface area contributed by atoms with Gasteiger partial charge in [-0.25, -0.2) is 0 Å². The van der Waals surface area contributed by atoms with Gasteiger partial charge in [0.2, 0.25) is 5.91 Å². The lowest BCUT2D eigenvalue weighted by Gasteiger charge is -2.39. The summed E-state index contributed by atoms with van der Waals surface area (Å²) in [6, 6.07) is 5.68. The summed E-state index contributed by atoms with van der Waals surface area (Å²) < 4.78 is 0. The predicted octanol–water partition coefficient (Wildman–Crippen LogP) is 3.13. The zero-order chi connectivity index (χ0) is 20.9. The van der Waals surface area contributed by atoms with Gasteiger partial charge in [0.25, 0.3) is 0 Å². The fraction of sp³-hybridized carbons (Fsp3) is 0.739. The lowest BCUT2D eigenvalue weighted by molar-refractivity contribution is -0.126. The Kier molecular flexibility index (Phi) is 7.31. The number of amides is 1. The fourth-order valence-corrected chi connectivity index (χ4v) is 6.09. The van der Waals surface area contributed by atoms with Crippen LogP contribution in [0.3, 0.4) is 0 Å². The van der Waals surface area contributed by atoms with Crippen molar-refractivity contribution in [2.45, 2.75) is 69.5 Å². The van der Waals surface area contributed by atoms with Gasteiger partial charge in [0.1, 0.15) is 0 Å². The third kappa shape index (κ3) is 5.55. The van der Waals surface area contributed by atoms with Gasteiger partial charge < -0.3 is 16.0 Å². The summed E-state index contributed by atoms with van der Waals surface area (Å²) in [5, 5.41) is 12.6. The molecule has 0 spiro atoms. The van der Waals surface area contributed by atoms with Crippen LogP contribution in [0.1, 0.15) is 62.3 Å². The Balaban J connectivity index is 1.29. The van der Waals surface area contributed by atoms with E-state index in [0.717, 1.165) is 51.0 Å². The molecule has 4 atom stereocenters. The van der Waals surface area contributed by atoms with E-state index < -0.39 is 0 Å². The summed E-state index contributed by atoms with van der Waals surface area (Å²) in [6.45, 7) is 2.09. The molecule has 1 amide bonds. The molecular formula is C23H37N5OS. The molecule has 1 aromatic rings. The van der Waals surface area contributed by atoms with Crippen molar-refractivity contribution in [1.82, 2.24) is 20.9 Å². The van der Waals surface area contributed by atoms with Gasteiger partial charge >= 0.3 is 0 Å². The molecule has 2 saturated carbocycles. The van der Waals surface area contributed by atoms with Gasteiger partial charge in [0.05, 0.1) is 0 Å². The summed E-state index contributed by atoms with van der Waals surface area (Å²) in [6.07, 6.45) is 8.92. The van der Waals surface area contributed by atoms with Crippen molar-refractivity contribution in [3.05, 3.63) is 22.4 Å². The highest BCUT2D eigenvalue weighted by Crippen LogP contribution is 2.36. The lowest BCUT2D eigenvalue weighted by Crippen LogP contribution is -2.49. The molecular weight excluding hydrogens is 394 g/mol. The smallest absolute Gasteiger partial charge is 0.223 e. The van der Waals surface area contributed by atoms with E-state index in [-0.39, 0.29) is 11.8 Å². The van der Waals surface area contributed by atoms with Gasteiger partial charge in [-0.1, -0.05) is 12.5 Å². The highest BCUT2D eigenvalue weighted by molar-refractivity contribution is 7.10. The third-order valence-corrected chi connectivity index (χ3v) is 7.85. The zero-order valence-corrected chi connectivity index (χ0v) is 19.2. The average Bonchev–Trinajstić information content (AvgIpc) is 3.41. The molecule has 0 bridgehead atoms. The number of nitrogens with zero attached hydrogens (tertiary/aromatic N) is 2. The second-order valence-electron chi connectivity index (χ2n) is 9.28. The first-order chi connectivity index (χ1) is 14.6.